The molecule has 1 fully saturated rings. The molecule has 0 saturated carbocycles. The maximum Gasteiger partial charge on any atom is 0.265 e. The number of aryl methyl sites for hydroxylation is 1. The van der Waals surface area contributed by atoms with Crippen LogP contribution in [0, 0.1) is 5.82 Å². The Bertz CT molecular complexity index is 674. The lowest BCUT2D eigenvalue weighted by atomic mass is 9.98. The molecule has 2 aromatic heterocycles. The van der Waals surface area contributed by atoms with Crippen LogP contribution in [0.25, 0.3) is 0 Å². The molecule has 1 aliphatic rings. The van der Waals surface area contributed by atoms with Gasteiger partial charge in [0.05, 0.1) is 11.6 Å². The first kappa shape index (κ1) is 15.6. The molecule has 2 aromatic rings. The first-order valence-corrected chi connectivity index (χ1v) is 7.85. The predicted octanol–water partition coefficient (Wildman–Crippen LogP) is 2.01. The van der Waals surface area contributed by atoms with Crippen molar-refractivity contribution in [2.24, 2.45) is 0 Å². The Hall–Kier alpha value is -2.25. The van der Waals surface area contributed by atoms with Crippen LogP contribution in [0.3, 0.4) is 0 Å². The Balaban J connectivity index is 1.80. The van der Waals surface area contributed by atoms with Gasteiger partial charge in [-0.3, -0.25) is 0 Å². The van der Waals surface area contributed by atoms with Crippen molar-refractivity contribution in [1.29, 1.82) is 0 Å². The summed E-state index contributed by atoms with van der Waals surface area (Å²) in [5.41, 5.74) is 0.449. The van der Waals surface area contributed by atoms with Crippen LogP contribution < -0.4 is 9.80 Å². The molecule has 3 heterocycles. The zero-order valence-electron chi connectivity index (χ0n) is 13.7. The molecule has 3 rings (SSSR count). The van der Waals surface area contributed by atoms with Crippen LogP contribution in [0.15, 0.2) is 10.9 Å². The van der Waals surface area contributed by atoms with Crippen LogP contribution in [0.1, 0.15) is 37.3 Å². The number of rotatable bonds is 4. The second-order valence-electron chi connectivity index (χ2n) is 5.92. The molecular weight excluding hydrogens is 299 g/mol. The number of hydrogen-bond donors (Lipinski definition) is 0. The van der Waals surface area contributed by atoms with Crippen molar-refractivity contribution in [3.8, 4) is 0 Å². The van der Waals surface area contributed by atoms with E-state index in [9.17, 15) is 4.39 Å². The van der Waals surface area contributed by atoms with Crippen molar-refractivity contribution in [3.05, 3.63) is 23.7 Å². The number of halogens is 1. The number of hydrogen-bond acceptors (Lipinski definition) is 7. The van der Waals surface area contributed by atoms with E-state index in [1.54, 1.807) is 4.90 Å². The van der Waals surface area contributed by atoms with E-state index in [4.69, 9.17) is 4.52 Å². The molecule has 8 heteroatoms. The zero-order chi connectivity index (χ0) is 16.4. The quantitative estimate of drug-likeness (QED) is 0.853. The number of piperidine rings is 1. The lowest BCUT2D eigenvalue weighted by Gasteiger charge is -2.32. The molecule has 1 unspecified atom stereocenters. The third kappa shape index (κ3) is 3.11. The highest BCUT2D eigenvalue weighted by Gasteiger charge is 2.29. The van der Waals surface area contributed by atoms with Gasteiger partial charge in [0.2, 0.25) is 5.89 Å². The van der Waals surface area contributed by atoms with Crippen molar-refractivity contribution in [2.45, 2.75) is 32.1 Å². The van der Waals surface area contributed by atoms with Crippen molar-refractivity contribution < 1.29 is 8.91 Å². The number of nitrogens with zero attached hydrogens (tertiary/aromatic N) is 6. The molecule has 7 nitrogen and oxygen atoms in total. The summed E-state index contributed by atoms with van der Waals surface area (Å²) in [7, 11) is 3.73. The van der Waals surface area contributed by atoms with Crippen molar-refractivity contribution in [3.63, 3.8) is 0 Å². The second-order valence-corrected chi connectivity index (χ2v) is 5.92. The van der Waals surface area contributed by atoms with Crippen LogP contribution in [0.4, 0.5) is 16.2 Å². The summed E-state index contributed by atoms with van der Waals surface area (Å²) in [5, 5.41) is 3.96. The molecular formula is C15H21FN6O. The minimum Gasteiger partial charge on any atom is -0.353 e. The third-order valence-corrected chi connectivity index (χ3v) is 4.08. The summed E-state index contributed by atoms with van der Waals surface area (Å²) in [6, 6.07) is 0. The van der Waals surface area contributed by atoms with Gasteiger partial charge in [-0.2, -0.15) is 4.98 Å². The topological polar surface area (TPSA) is 71.2 Å². The van der Waals surface area contributed by atoms with Crippen LogP contribution in [-0.2, 0) is 6.42 Å². The van der Waals surface area contributed by atoms with E-state index in [1.807, 2.05) is 25.9 Å². The van der Waals surface area contributed by atoms with E-state index in [0.29, 0.717) is 36.3 Å². The Morgan fingerprint density at radius 3 is 2.91 bits per heavy atom. The van der Waals surface area contributed by atoms with Gasteiger partial charge in [0, 0.05) is 27.2 Å². The van der Waals surface area contributed by atoms with Crippen LogP contribution in [-0.4, -0.2) is 47.3 Å². The average molecular weight is 320 g/mol. The SMILES string of the molecule is CCc1ncnc(N2CCCC(c3nc(N(C)C)no3)C2)c1F. The fourth-order valence-electron chi connectivity index (χ4n) is 2.81. The highest BCUT2D eigenvalue weighted by Crippen LogP contribution is 2.30. The molecule has 0 bridgehead atoms. The average Bonchev–Trinajstić information content (AvgIpc) is 3.05. The molecule has 0 radical (unpaired) electrons. The maximum atomic E-state index is 14.5. The van der Waals surface area contributed by atoms with Gasteiger partial charge in [0.15, 0.2) is 11.6 Å². The minimum atomic E-state index is -0.324. The Morgan fingerprint density at radius 2 is 2.22 bits per heavy atom. The molecule has 1 saturated heterocycles. The molecule has 0 N–H and O–H groups in total. The molecule has 0 aliphatic carbocycles. The first-order chi connectivity index (χ1) is 11.1. The summed E-state index contributed by atoms with van der Waals surface area (Å²) in [6.07, 6.45) is 3.85. The van der Waals surface area contributed by atoms with Gasteiger partial charge in [-0.05, 0) is 24.4 Å². The first-order valence-electron chi connectivity index (χ1n) is 7.85. The normalized spacial score (nSPS) is 18.3. The molecule has 0 amide bonds. The number of aromatic nitrogens is 4. The van der Waals surface area contributed by atoms with E-state index < -0.39 is 0 Å². The molecule has 0 spiro atoms. The summed E-state index contributed by atoms with van der Waals surface area (Å²) < 4.78 is 19.8. The standard InChI is InChI=1S/C15H21FN6O/c1-4-11-12(16)13(18-9-17-11)22-7-5-6-10(8-22)14-19-15(20-23-14)21(2)3/h9-10H,4-8H2,1-3H3. The van der Waals surface area contributed by atoms with E-state index in [2.05, 4.69) is 20.1 Å². The smallest absolute Gasteiger partial charge is 0.265 e. The largest absolute Gasteiger partial charge is 0.353 e. The van der Waals surface area contributed by atoms with E-state index >= 15 is 0 Å². The second kappa shape index (κ2) is 6.47. The fourth-order valence-corrected chi connectivity index (χ4v) is 2.81. The van der Waals surface area contributed by atoms with E-state index in [1.165, 1.54) is 6.33 Å². The summed E-state index contributed by atoms with van der Waals surface area (Å²) in [4.78, 5) is 16.3. The Kier molecular flexibility index (Phi) is 4.40. The molecule has 1 atom stereocenters. The molecule has 124 valence electrons. The van der Waals surface area contributed by atoms with Gasteiger partial charge in [-0.15, -0.1) is 0 Å². The lowest BCUT2D eigenvalue weighted by molar-refractivity contribution is 0.332. The zero-order valence-corrected chi connectivity index (χ0v) is 13.7. The third-order valence-electron chi connectivity index (χ3n) is 4.08. The van der Waals surface area contributed by atoms with Crippen molar-refractivity contribution in [1.82, 2.24) is 20.1 Å². The van der Waals surface area contributed by atoms with Gasteiger partial charge >= 0.3 is 0 Å². The molecule has 0 aromatic carbocycles. The molecule has 23 heavy (non-hydrogen) atoms. The fraction of sp³-hybridized carbons (Fsp3) is 0.600. The summed E-state index contributed by atoms with van der Waals surface area (Å²) >= 11 is 0. The minimum absolute atomic E-state index is 0.0874. The van der Waals surface area contributed by atoms with Gasteiger partial charge < -0.3 is 14.3 Å². The highest BCUT2D eigenvalue weighted by molar-refractivity contribution is 5.42. The van der Waals surface area contributed by atoms with Gasteiger partial charge in [0.1, 0.15) is 6.33 Å². The van der Waals surface area contributed by atoms with Gasteiger partial charge in [0.25, 0.3) is 5.95 Å². The van der Waals surface area contributed by atoms with Crippen LogP contribution in [0.5, 0.6) is 0 Å². The van der Waals surface area contributed by atoms with Gasteiger partial charge in [-0.25, -0.2) is 14.4 Å². The predicted molar refractivity (Wildman–Crippen MR) is 84.2 cm³/mol. The maximum absolute atomic E-state index is 14.5. The van der Waals surface area contributed by atoms with E-state index in [0.717, 1.165) is 19.4 Å². The van der Waals surface area contributed by atoms with Crippen LogP contribution in [0.2, 0.25) is 0 Å². The number of anilines is 2. The van der Waals surface area contributed by atoms with E-state index in [-0.39, 0.29) is 11.7 Å². The summed E-state index contributed by atoms with van der Waals surface area (Å²) in [5.74, 6) is 1.29. The highest BCUT2D eigenvalue weighted by atomic mass is 19.1. The van der Waals surface area contributed by atoms with Gasteiger partial charge in [-0.1, -0.05) is 6.92 Å². The van der Waals surface area contributed by atoms with Crippen LogP contribution >= 0.6 is 0 Å². The Labute approximate surface area is 134 Å². The van der Waals surface area contributed by atoms with Crippen molar-refractivity contribution in [2.75, 3.05) is 37.0 Å². The summed E-state index contributed by atoms with van der Waals surface area (Å²) in [6.45, 7) is 3.27. The lowest BCUT2D eigenvalue weighted by Crippen LogP contribution is -2.36. The molecule has 1 aliphatic heterocycles. The van der Waals surface area contributed by atoms with Crippen molar-refractivity contribution >= 4 is 11.8 Å². The Morgan fingerprint density at radius 1 is 1.39 bits per heavy atom. The monoisotopic (exact) mass is 320 g/mol.